The van der Waals surface area contributed by atoms with E-state index in [-0.39, 0.29) is 17.9 Å². The Kier molecular flexibility index (Phi) is 4.95. The van der Waals surface area contributed by atoms with Gasteiger partial charge in [-0.05, 0) is 31.5 Å². The summed E-state index contributed by atoms with van der Waals surface area (Å²) in [5, 5.41) is 4.37. The normalized spacial score (nSPS) is 10.7. The third-order valence-electron chi connectivity index (χ3n) is 3.99. The first-order valence-electron chi connectivity index (χ1n) is 7.89. The van der Waals surface area contributed by atoms with E-state index in [9.17, 15) is 9.59 Å². The zero-order valence-corrected chi connectivity index (χ0v) is 15.6. The Morgan fingerprint density at radius 1 is 1.08 bits per heavy atom. The van der Waals surface area contributed by atoms with Crippen LogP contribution in [-0.2, 0) is 6.54 Å². The molecule has 0 radical (unpaired) electrons. The summed E-state index contributed by atoms with van der Waals surface area (Å²) in [6.45, 7) is 3.80. The topological polar surface area (TPSA) is 52.0 Å². The monoisotopic (exact) mass is 396 g/mol. The standard InChI is InChI=1S/C20H17BrN2O2/c1-13-7-8-15(14(2)11-13)19(24)12-23-20(25)10-9-18(22-23)16-5-3-4-6-17(16)21/h3-11H,12H2,1-2H3. The summed E-state index contributed by atoms with van der Waals surface area (Å²) < 4.78 is 2.10. The highest BCUT2D eigenvalue weighted by molar-refractivity contribution is 9.10. The summed E-state index contributed by atoms with van der Waals surface area (Å²) in [4.78, 5) is 24.7. The number of rotatable bonds is 4. The maximum atomic E-state index is 12.6. The molecule has 0 aliphatic carbocycles. The highest BCUT2D eigenvalue weighted by Gasteiger charge is 2.13. The van der Waals surface area contributed by atoms with Crippen LogP contribution in [0.4, 0.5) is 0 Å². The number of carbonyl (C=O) groups is 1. The molecule has 4 nitrogen and oxygen atoms in total. The molecule has 2 aromatic carbocycles. The lowest BCUT2D eigenvalue weighted by molar-refractivity contribution is 0.0965. The third kappa shape index (κ3) is 3.77. The first-order valence-corrected chi connectivity index (χ1v) is 8.68. The molecular weight excluding hydrogens is 380 g/mol. The van der Waals surface area contributed by atoms with Crippen LogP contribution in [0.15, 0.2) is 63.9 Å². The Labute approximate surface area is 154 Å². The second kappa shape index (κ2) is 7.15. The molecule has 0 unspecified atom stereocenters. The fourth-order valence-electron chi connectivity index (χ4n) is 2.72. The minimum Gasteiger partial charge on any atom is -0.292 e. The van der Waals surface area contributed by atoms with Crippen molar-refractivity contribution in [2.75, 3.05) is 0 Å². The Morgan fingerprint density at radius 3 is 2.56 bits per heavy atom. The van der Waals surface area contributed by atoms with E-state index in [0.29, 0.717) is 11.3 Å². The minimum absolute atomic E-state index is 0.0823. The van der Waals surface area contributed by atoms with Gasteiger partial charge in [-0.1, -0.05) is 57.9 Å². The molecular formula is C20H17BrN2O2. The Bertz CT molecular complexity index is 1010. The molecule has 0 N–H and O–H groups in total. The molecule has 0 atom stereocenters. The van der Waals surface area contributed by atoms with Crippen LogP contribution in [0.2, 0.25) is 0 Å². The lowest BCUT2D eigenvalue weighted by Crippen LogP contribution is -2.26. The van der Waals surface area contributed by atoms with Crippen LogP contribution in [0.5, 0.6) is 0 Å². The molecule has 3 rings (SSSR count). The second-order valence-electron chi connectivity index (χ2n) is 5.94. The van der Waals surface area contributed by atoms with Gasteiger partial charge in [0, 0.05) is 21.7 Å². The van der Waals surface area contributed by atoms with Gasteiger partial charge in [0.25, 0.3) is 5.56 Å². The van der Waals surface area contributed by atoms with Crippen molar-refractivity contribution < 1.29 is 4.79 Å². The van der Waals surface area contributed by atoms with E-state index in [1.165, 1.54) is 10.7 Å². The Balaban J connectivity index is 1.95. The molecule has 0 fully saturated rings. The number of ketones is 1. The van der Waals surface area contributed by atoms with E-state index in [4.69, 9.17) is 0 Å². The number of benzene rings is 2. The van der Waals surface area contributed by atoms with E-state index >= 15 is 0 Å². The summed E-state index contributed by atoms with van der Waals surface area (Å²) >= 11 is 3.49. The molecule has 3 aromatic rings. The smallest absolute Gasteiger partial charge is 0.267 e. The maximum absolute atomic E-state index is 12.6. The van der Waals surface area contributed by atoms with Crippen molar-refractivity contribution in [3.63, 3.8) is 0 Å². The van der Waals surface area contributed by atoms with Crippen LogP contribution in [0.25, 0.3) is 11.3 Å². The van der Waals surface area contributed by atoms with Crippen molar-refractivity contribution in [2.24, 2.45) is 0 Å². The molecule has 1 aromatic heterocycles. The number of nitrogens with zero attached hydrogens (tertiary/aromatic N) is 2. The Hall–Kier alpha value is -2.53. The van der Waals surface area contributed by atoms with Gasteiger partial charge in [-0.2, -0.15) is 5.10 Å². The van der Waals surface area contributed by atoms with Crippen molar-refractivity contribution in [1.82, 2.24) is 9.78 Å². The number of carbonyl (C=O) groups excluding carboxylic acids is 1. The zero-order valence-electron chi connectivity index (χ0n) is 14.0. The average molecular weight is 397 g/mol. The molecule has 1 heterocycles. The van der Waals surface area contributed by atoms with Crippen molar-refractivity contribution in [3.05, 3.63) is 86.1 Å². The maximum Gasteiger partial charge on any atom is 0.267 e. The van der Waals surface area contributed by atoms with Gasteiger partial charge in [0.15, 0.2) is 5.78 Å². The van der Waals surface area contributed by atoms with Crippen LogP contribution in [-0.4, -0.2) is 15.6 Å². The van der Waals surface area contributed by atoms with Crippen LogP contribution < -0.4 is 5.56 Å². The van der Waals surface area contributed by atoms with Gasteiger partial charge in [-0.3, -0.25) is 9.59 Å². The van der Waals surface area contributed by atoms with E-state index in [1.807, 2.05) is 50.2 Å². The molecule has 5 heteroatoms. The third-order valence-corrected chi connectivity index (χ3v) is 4.68. The van der Waals surface area contributed by atoms with Crippen LogP contribution >= 0.6 is 15.9 Å². The summed E-state index contributed by atoms with van der Waals surface area (Å²) in [5.41, 5.74) is 3.83. The van der Waals surface area contributed by atoms with E-state index < -0.39 is 0 Å². The van der Waals surface area contributed by atoms with Crippen LogP contribution in [0, 0.1) is 13.8 Å². The summed E-state index contributed by atoms with van der Waals surface area (Å²) in [5.74, 6) is -0.128. The quantitative estimate of drug-likeness (QED) is 0.621. The predicted octanol–water partition coefficient (Wildman–Crippen LogP) is 4.17. The zero-order chi connectivity index (χ0) is 18.0. The number of hydrogen-bond donors (Lipinski definition) is 0. The molecule has 0 saturated carbocycles. The Morgan fingerprint density at radius 2 is 1.84 bits per heavy atom. The average Bonchev–Trinajstić information content (AvgIpc) is 2.57. The van der Waals surface area contributed by atoms with E-state index in [2.05, 4.69) is 21.0 Å². The van der Waals surface area contributed by atoms with Crippen LogP contribution in [0.1, 0.15) is 21.5 Å². The van der Waals surface area contributed by atoms with E-state index in [1.54, 1.807) is 12.1 Å². The van der Waals surface area contributed by atoms with Gasteiger partial charge in [0.2, 0.25) is 0 Å². The SMILES string of the molecule is Cc1ccc(C(=O)Cn2nc(-c3ccccc3Br)ccc2=O)c(C)c1. The van der Waals surface area contributed by atoms with Gasteiger partial charge in [-0.15, -0.1) is 0 Å². The second-order valence-corrected chi connectivity index (χ2v) is 6.79. The van der Waals surface area contributed by atoms with Gasteiger partial charge >= 0.3 is 0 Å². The van der Waals surface area contributed by atoms with Gasteiger partial charge in [0.1, 0.15) is 6.54 Å². The van der Waals surface area contributed by atoms with Crippen molar-refractivity contribution in [2.45, 2.75) is 20.4 Å². The highest BCUT2D eigenvalue weighted by atomic mass is 79.9. The molecule has 0 amide bonds. The molecule has 0 saturated heterocycles. The van der Waals surface area contributed by atoms with E-state index in [0.717, 1.165) is 21.2 Å². The first-order chi connectivity index (χ1) is 12.0. The van der Waals surface area contributed by atoms with Gasteiger partial charge < -0.3 is 0 Å². The van der Waals surface area contributed by atoms with Crippen molar-refractivity contribution in [3.8, 4) is 11.3 Å². The molecule has 0 aliphatic rings. The molecule has 126 valence electrons. The lowest BCUT2D eigenvalue weighted by atomic mass is 10.0. The fourth-order valence-corrected chi connectivity index (χ4v) is 3.21. The number of Topliss-reactive ketones (excluding diaryl/α,β-unsaturated/α-hetero) is 1. The number of aromatic nitrogens is 2. The van der Waals surface area contributed by atoms with Gasteiger partial charge in [-0.25, -0.2) is 4.68 Å². The molecule has 0 spiro atoms. The summed E-state index contributed by atoms with van der Waals surface area (Å²) in [7, 11) is 0. The molecule has 0 aliphatic heterocycles. The lowest BCUT2D eigenvalue weighted by Gasteiger charge is -2.09. The number of hydrogen-bond acceptors (Lipinski definition) is 3. The predicted molar refractivity (Wildman–Crippen MR) is 102 cm³/mol. The minimum atomic E-state index is -0.297. The first kappa shape index (κ1) is 17.3. The fraction of sp³-hybridized carbons (Fsp3) is 0.150. The highest BCUT2D eigenvalue weighted by Crippen LogP contribution is 2.25. The van der Waals surface area contributed by atoms with Crippen molar-refractivity contribution >= 4 is 21.7 Å². The van der Waals surface area contributed by atoms with Crippen molar-refractivity contribution in [1.29, 1.82) is 0 Å². The van der Waals surface area contributed by atoms with Crippen LogP contribution in [0.3, 0.4) is 0 Å². The van der Waals surface area contributed by atoms with Gasteiger partial charge in [0.05, 0.1) is 5.69 Å². The molecule has 25 heavy (non-hydrogen) atoms. The largest absolute Gasteiger partial charge is 0.292 e. The summed E-state index contributed by atoms with van der Waals surface area (Å²) in [6.07, 6.45) is 0. The summed E-state index contributed by atoms with van der Waals surface area (Å²) in [6, 6.07) is 16.4. The molecule has 0 bridgehead atoms. The number of halogens is 1. The number of aryl methyl sites for hydroxylation is 2.